The predicted molar refractivity (Wildman–Crippen MR) is 106 cm³/mol. The molecule has 0 saturated carbocycles. The van der Waals surface area contributed by atoms with Crippen molar-refractivity contribution < 1.29 is 59.7 Å². The minimum absolute atomic E-state index is 0.265. The van der Waals surface area contributed by atoms with Crippen LogP contribution in [0.15, 0.2) is 22.7 Å². The van der Waals surface area contributed by atoms with Crippen molar-refractivity contribution in [1.29, 1.82) is 0 Å². The summed E-state index contributed by atoms with van der Waals surface area (Å²) in [6.07, 6.45) is -10.2. The van der Waals surface area contributed by atoms with Crippen LogP contribution >= 0.6 is 15.9 Å². The second-order valence-corrected chi connectivity index (χ2v) is 7.36. The first-order valence-electron chi connectivity index (χ1n) is 9.25. The van der Waals surface area contributed by atoms with Gasteiger partial charge in [-0.25, -0.2) is 9.59 Å². The number of carboxylic acids is 2. The molecule has 1 aromatic carbocycles. The van der Waals surface area contributed by atoms with Crippen LogP contribution in [-0.2, 0) is 16.1 Å². The van der Waals surface area contributed by atoms with Crippen molar-refractivity contribution in [2.24, 2.45) is 0 Å². The molecule has 0 spiro atoms. The van der Waals surface area contributed by atoms with Gasteiger partial charge in [0.15, 0.2) is 0 Å². The number of aliphatic carboxylic acids is 2. The zero-order chi connectivity index (χ0) is 26.7. The van der Waals surface area contributed by atoms with Crippen molar-refractivity contribution in [3.8, 4) is 5.75 Å². The number of piperazine rings is 1. The normalized spacial score (nSPS) is 15.0. The van der Waals surface area contributed by atoms with Gasteiger partial charge >= 0.3 is 30.9 Å². The zero-order valence-corrected chi connectivity index (χ0v) is 19.1. The average Bonchev–Trinajstić information content (AvgIpc) is 2.70. The Morgan fingerprint density at radius 2 is 1.38 bits per heavy atom. The van der Waals surface area contributed by atoms with Gasteiger partial charge in [0.2, 0.25) is 0 Å². The molecule has 34 heavy (non-hydrogen) atoms. The molecule has 2 N–H and O–H groups in total. The van der Waals surface area contributed by atoms with Crippen LogP contribution in [-0.4, -0.2) is 83.6 Å². The Morgan fingerprint density at radius 1 is 0.971 bits per heavy atom. The number of hydrogen-bond donors (Lipinski definition) is 2. The van der Waals surface area contributed by atoms with Gasteiger partial charge in [0.25, 0.3) is 0 Å². The monoisotopic (exact) mass is 576 g/mol. The average molecular weight is 577 g/mol. The summed E-state index contributed by atoms with van der Waals surface area (Å²) < 4.78 is 93.8. The van der Waals surface area contributed by atoms with Crippen molar-refractivity contribution in [2.75, 3.05) is 32.7 Å². The standard InChI is InChI=1S/C14H19BrF2N2O.2C2HF3O2/c1-2-18-5-7-19(8-6-18)10-11-9-12(15)3-4-13(11)20-14(16)17;2*3-2(4,5)1(6)7/h3-4,9,14H,2,5-8,10H2,1H3;2*(H,6,7). The number of halogens is 9. The molecule has 0 aromatic heterocycles. The van der Waals surface area contributed by atoms with Gasteiger partial charge in [-0.05, 0) is 24.7 Å². The Kier molecular flexibility index (Phi) is 13.3. The summed E-state index contributed by atoms with van der Waals surface area (Å²) in [5.41, 5.74) is 0.796. The molecule has 2 rings (SSSR count). The molecule has 1 aromatic rings. The van der Waals surface area contributed by atoms with E-state index in [4.69, 9.17) is 19.8 Å². The lowest BCUT2D eigenvalue weighted by molar-refractivity contribution is -0.193. The number of ether oxygens (including phenoxy) is 1. The first-order chi connectivity index (χ1) is 15.5. The molecule has 1 aliphatic rings. The third-order valence-electron chi connectivity index (χ3n) is 4.03. The molecule has 1 saturated heterocycles. The molecule has 0 bridgehead atoms. The van der Waals surface area contributed by atoms with Gasteiger partial charge in [-0.1, -0.05) is 22.9 Å². The minimum atomic E-state index is -5.08. The highest BCUT2D eigenvalue weighted by Crippen LogP contribution is 2.26. The van der Waals surface area contributed by atoms with Crippen molar-refractivity contribution in [2.45, 2.75) is 32.4 Å². The fourth-order valence-electron chi connectivity index (χ4n) is 2.39. The van der Waals surface area contributed by atoms with Gasteiger partial charge < -0.3 is 19.8 Å². The van der Waals surface area contributed by atoms with E-state index < -0.39 is 30.9 Å². The molecular formula is C18H21BrF8N2O5. The molecule has 0 unspecified atom stereocenters. The Labute approximate surface area is 197 Å². The van der Waals surface area contributed by atoms with Gasteiger partial charge in [-0.3, -0.25) is 4.90 Å². The van der Waals surface area contributed by atoms with Gasteiger partial charge in [0.05, 0.1) is 0 Å². The molecule has 0 radical (unpaired) electrons. The number of carboxylic acid groups (broad SMARTS) is 2. The lowest BCUT2D eigenvalue weighted by atomic mass is 10.1. The highest BCUT2D eigenvalue weighted by atomic mass is 79.9. The highest BCUT2D eigenvalue weighted by molar-refractivity contribution is 9.10. The summed E-state index contributed by atoms with van der Waals surface area (Å²) in [5.74, 6) is -5.25. The van der Waals surface area contributed by atoms with Gasteiger partial charge in [0, 0.05) is 42.8 Å². The minimum Gasteiger partial charge on any atom is -0.475 e. The van der Waals surface area contributed by atoms with Crippen molar-refractivity contribution in [1.82, 2.24) is 9.80 Å². The molecule has 1 aliphatic heterocycles. The lowest BCUT2D eigenvalue weighted by Crippen LogP contribution is -2.45. The molecule has 16 heteroatoms. The molecule has 0 atom stereocenters. The van der Waals surface area contributed by atoms with Crippen LogP contribution in [0.5, 0.6) is 5.75 Å². The summed E-state index contributed by atoms with van der Waals surface area (Å²) in [6, 6.07) is 5.16. The van der Waals surface area contributed by atoms with Crippen LogP contribution in [0.4, 0.5) is 35.1 Å². The SMILES string of the molecule is CCN1CCN(Cc2cc(Br)ccc2OC(F)F)CC1.O=C(O)C(F)(F)F.O=C(O)C(F)(F)F. The predicted octanol–water partition coefficient (Wildman–Crippen LogP) is 4.45. The van der Waals surface area contributed by atoms with Crippen molar-refractivity contribution >= 4 is 27.9 Å². The summed E-state index contributed by atoms with van der Waals surface area (Å²) in [5, 5.41) is 14.2. The maximum absolute atomic E-state index is 12.4. The van der Waals surface area contributed by atoms with Crippen LogP contribution in [0.1, 0.15) is 12.5 Å². The number of nitrogens with zero attached hydrogens (tertiary/aromatic N) is 2. The second kappa shape index (κ2) is 14.3. The third kappa shape index (κ3) is 13.5. The van der Waals surface area contributed by atoms with E-state index in [-0.39, 0.29) is 5.75 Å². The number of likely N-dealkylation sites (N-methyl/N-ethyl adjacent to an activating group) is 1. The van der Waals surface area contributed by atoms with Gasteiger partial charge in [-0.2, -0.15) is 35.1 Å². The molecule has 196 valence electrons. The van der Waals surface area contributed by atoms with Crippen LogP contribution < -0.4 is 4.74 Å². The number of rotatable bonds is 5. The quantitative estimate of drug-likeness (QED) is 0.500. The van der Waals surface area contributed by atoms with E-state index in [2.05, 4.69) is 37.4 Å². The van der Waals surface area contributed by atoms with Gasteiger partial charge in [-0.15, -0.1) is 0 Å². The first kappa shape index (κ1) is 31.8. The molecule has 7 nitrogen and oxygen atoms in total. The first-order valence-corrected chi connectivity index (χ1v) is 10.0. The van der Waals surface area contributed by atoms with Crippen molar-refractivity contribution in [3.63, 3.8) is 0 Å². The largest absolute Gasteiger partial charge is 0.490 e. The van der Waals surface area contributed by atoms with E-state index in [0.29, 0.717) is 6.54 Å². The summed E-state index contributed by atoms with van der Waals surface area (Å²) >= 11 is 3.38. The number of hydrogen-bond acceptors (Lipinski definition) is 5. The van der Waals surface area contributed by atoms with E-state index >= 15 is 0 Å². The Morgan fingerprint density at radius 3 is 1.74 bits per heavy atom. The molecule has 0 amide bonds. The smallest absolute Gasteiger partial charge is 0.475 e. The van der Waals surface area contributed by atoms with Crippen LogP contribution in [0.3, 0.4) is 0 Å². The molecular weight excluding hydrogens is 556 g/mol. The van der Waals surface area contributed by atoms with Gasteiger partial charge in [0.1, 0.15) is 5.75 Å². The molecule has 1 heterocycles. The second-order valence-electron chi connectivity index (χ2n) is 6.45. The topological polar surface area (TPSA) is 90.3 Å². The lowest BCUT2D eigenvalue weighted by Gasteiger charge is -2.34. The zero-order valence-electron chi connectivity index (χ0n) is 17.5. The summed E-state index contributed by atoms with van der Waals surface area (Å²) in [7, 11) is 0. The molecule has 1 fully saturated rings. The Balaban J connectivity index is 0.000000642. The number of carbonyl (C=O) groups is 2. The van der Waals surface area contributed by atoms with E-state index in [0.717, 1.165) is 42.8 Å². The fraction of sp³-hybridized carbons (Fsp3) is 0.556. The number of benzene rings is 1. The summed E-state index contributed by atoms with van der Waals surface area (Å²) in [6.45, 7) is 5.02. The van der Waals surface area contributed by atoms with Crippen LogP contribution in [0, 0.1) is 0 Å². The Hall–Kier alpha value is -2.20. The van der Waals surface area contributed by atoms with E-state index in [1.807, 2.05) is 6.07 Å². The van der Waals surface area contributed by atoms with Crippen LogP contribution in [0.25, 0.3) is 0 Å². The number of alkyl halides is 8. The van der Waals surface area contributed by atoms with E-state index in [1.165, 1.54) is 0 Å². The van der Waals surface area contributed by atoms with Crippen molar-refractivity contribution in [3.05, 3.63) is 28.2 Å². The summed E-state index contributed by atoms with van der Waals surface area (Å²) in [4.78, 5) is 22.4. The third-order valence-corrected chi connectivity index (χ3v) is 4.52. The molecule has 0 aliphatic carbocycles. The fourth-order valence-corrected chi connectivity index (χ4v) is 2.80. The van der Waals surface area contributed by atoms with Crippen LogP contribution in [0.2, 0.25) is 0 Å². The highest BCUT2D eigenvalue weighted by Gasteiger charge is 2.38. The Bertz CT molecular complexity index is 761. The maximum Gasteiger partial charge on any atom is 0.490 e. The maximum atomic E-state index is 12.4. The van der Waals surface area contributed by atoms with E-state index in [1.54, 1.807) is 12.1 Å². The van der Waals surface area contributed by atoms with E-state index in [9.17, 15) is 35.1 Å².